The Kier molecular flexibility index (Phi) is 6.87. The number of pyridine rings is 2. The Morgan fingerprint density at radius 2 is 2.00 bits per heavy atom. The van der Waals surface area contributed by atoms with Crippen molar-refractivity contribution in [2.24, 2.45) is 13.0 Å². The van der Waals surface area contributed by atoms with Gasteiger partial charge in [0.05, 0.1) is 17.8 Å². The van der Waals surface area contributed by atoms with E-state index in [0.717, 1.165) is 35.9 Å². The fourth-order valence-corrected chi connectivity index (χ4v) is 4.16. The van der Waals surface area contributed by atoms with E-state index in [-0.39, 0.29) is 11.8 Å². The minimum atomic E-state index is -0.473. The number of aromatic nitrogens is 5. The molecule has 4 rings (SSSR count). The summed E-state index contributed by atoms with van der Waals surface area (Å²) in [4.78, 5) is 23.0. The Morgan fingerprint density at radius 1 is 1.26 bits per heavy atom. The lowest BCUT2D eigenvalue weighted by atomic mass is 9.94. The van der Waals surface area contributed by atoms with Gasteiger partial charge in [-0.05, 0) is 65.0 Å². The van der Waals surface area contributed by atoms with E-state index in [1.165, 1.54) is 0 Å². The van der Waals surface area contributed by atoms with E-state index in [0.29, 0.717) is 42.7 Å². The lowest BCUT2D eigenvalue weighted by molar-refractivity contribution is 0.0177. The molecule has 0 saturated carbocycles. The highest BCUT2D eigenvalue weighted by molar-refractivity contribution is 5.83. The number of ether oxygens (including phenoxy) is 2. The van der Waals surface area contributed by atoms with Crippen molar-refractivity contribution in [2.45, 2.75) is 52.6 Å². The van der Waals surface area contributed by atoms with Crippen molar-refractivity contribution < 1.29 is 14.3 Å². The minimum Gasteiger partial charge on any atom is -0.477 e. The van der Waals surface area contributed by atoms with Gasteiger partial charge in [0.25, 0.3) is 0 Å². The lowest BCUT2D eigenvalue weighted by Gasteiger charge is -2.33. The van der Waals surface area contributed by atoms with Gasteiger partial charge in [0.15, 0.2) is 5.69 Å². The molecule has 10 nitrogen and oxygen atoms in total. The normalized spacial score (nSPS) is 14.7. The number of fused-ring (bicyclic) bond motifs is 1. The molecule has 0 aromatic carbocycles. The maximum absolute atomic E-state index is 12.2. The second-order valence-electron chi connectivity index (χ2n) is 9.94. The summed E-state index contributed by atoms with van der Waals surface area (Å²) in [6, 6.07) is 5.91. The third kappa shape index (κ3) is 5.67. The predicted octanol–water partition coefficient (Wildman–Crippen LogP) is 4.02. The molecule has 1 saturated heterocycles. The molecule has 1 aliphatic rings. The Bertz CT molecular complexity index is 1260. The monoisotopic (exact) mass is 477 g/mol. The molecule has 1 fully saturated rings. The topological polar surface area (TPSA) is 119 Å². The minimum absolute atomic E-state index is 0.234. The number of hydrogen-bond donors (Lipinski definition) is 0. The molecule has 184 valence electrons. The first-order chi connectivity index (χ1) is 16.6. The van der Waals surface area contributed by atoms with E-state index in [1.807, 2.05) is 39.8 Å². The van der Waals surface area contributed by atoms with Crippen molar-refractivity contribution >= 4 is 17.1 Å². The van der Waals surface area contributed by atoms with Crippen LogP contribution in [0, 0.1) is 24.2 Å². The van der Waals surface area contributed by atoms with Crippen molar-refractivity contribution in [3.05, 3.63) is 29.6 Å². The molecule has 0 unspecified atom stereocenters. The van der Waals surface area contributed by atoms with E-state index < -0.39 is 5.60 Å². The number of rotatable bonds is 5. The van der Waals surface area contributed by atoms with Crippen LogP contribution in [-0.4, -0.2) is 61.3 Å². The zero-order valence-electron chi connectivity index (χ0n) is 20.9. The number of nitriles is 1. The van der Waals surface area contributed by atoms with Crippen molar-refractivity contribution in [1.82, 2.24) is 29.9 Å². The molecule has 3 aromatic heterocycles. The van der Waals surface area contributed by atoms with Gasteiger partial charge in [0.2, 0.25) is 5.88 Å². The smallest absolute Gasteiger partial charge is 0.410 e. The van der Waals surface area contributed by atoms with Crippen molar-refractivity contribution in [2.75, 3.05) is 19.7 Å². The van der Waals surface area contributed by atoms with E-state index in [2.05, 4.69) is 26.3 Å². The Balaban J connectivity index is 1.33. The van der Waals surface area contributed by atoms with Gasteiger partial charge in [-0.25, -0.2) is 19.4 Å². The highest BCUT2D eigenvalue weighted by Crippen LogP contribution is 2.27. The molecule has 1 aliphatic heterocycles. The molecule has 0 radical (unpaired) electrons. The van der Waals surface area contributed by atoms with Crippen molar-refractivity contribution in [3.63, 3.8) is 0 Å². The van der Waals surface area contributed by atoms with E-state index in [1.54, 1.807) is 22.8 Å². The van der Waals surface area contributed by atoms with Crippen LogP contribution in [0.2, 0.25) is 0 Å². The molecule has 35 heavy (non-hydrogen) atoms. The number of piperidine rings is 1. The molecule has 1 amide bonds. The van der Waals surface area contributed by atoms with Gasteiger partial charge in [-0.2, -0.15) is 5.26 Å². The van der Waals surface area contributed by atoms with E-state index in [4.69, 9.17) is 9.47 Å². The zero-order chi connectivity index (χ0) is 25.2. The SMILES string of the molecule is Cc1cc(-c2cc3c(nnn3C)c(C#N)n2)cnc1OCCC1CCN(C(=O)OC(C)(C)C)CC1. The van der Waals surface area contributed by atoms with Gasteiger partial charge in [-0.1, -0.05) is 5.21 Å². The Hall–Kier alpha value is -3.74. The largest absolute Gasteiger partial charge is 0.477 e. The maximum atomic E-state index is 12.2. The van der Waals surface area contributed by atoms with E-state index in [9.17, 15) is 10.1 Å². The molecule has 4 heterocycles. The number of aryl methyl sites for hydroxylation is 2. The Morgan fingerprint density at radius 3 is 2.66 bits per heavy atom. The molecule has 0 spiro atoms. The standard InChI is InChI=1S/C25H31N7O3/c1-16-12-18(19-13-21-22(20(14-26)28-19)29-30-31(21)5)15-27-23(16)34-11-8-17-6-9-32(10-7-17)24(33)35-25(2,3)4/h12-13,15,17H,6-11H2,1-5H3. The number of carbonyl (C=O) groups excluding carboxylic acids is 1. The van der Waals surface area contributed by atoms with Crippen LogP contribution < -0.4 is 4.74 Å². The average Bonchev–Trinajstić information content (AvgIpc) is 3.19. The number of likely N-dealkylation sites (tertiary alicyclic amines) is 1. The molecule has 0 bridgehead atoms. The fraction of sp³-hybridized carbons (Fsp3) is 0.520. The van der Waals surface area contributed by atoms with Crippen LogP contribution in [0.25, 0.3) is 22.3 Å². The maximum Gasteiger partial charge on any atom is 0.410 e. The van der Waals surface area contributed by atoms with Gasteiger partial charge in [0.1, 0.15) is 17.2 Å². The van der Waals surface area contributed by atoms with E-state index >= 15 is 0 Å². The van der Waals surface area contributed by atoms with Crippen LogP contribution in [-0.2, 0) is 11.8 Å². The molecular formula is C25H31N7O3. The Labute approximate surface area is 204 Å². The van der Waals surface area contributed by atoms with Crippen LogP contribution >= 0.6 is 0 Å². The summed E-state index contributed by atoms with van der Waals surface area (Å²) in [5.41, 5.74) is 3.32. The number of hydrogen-bond acceptors (Lipinski definition) is 8. The van der Waals surface area contributed by atoms with Gasteiger partial charge in [0, 0.05) is 37.5 Å². The summed E-state index contributed by atoms with van der Waals surface area (Å²) in [5.74, 6) is 1.09. The first-order valence-electron chi connectivity index (χ1n) is 11.8. The number of amides is 1. The number of carbonyl (C=O) groups is 1. The fourth-order valence-electron chi connectivity index (χ4n) is 4.16. The van der Waals surface area contributed by atoms with Crippen LogP contribution in [0.5, 0.6) is 5.88 Å². The summed E-state index contributed by atoms with van der Waals surface area (Å²) < 4.78 is 13.1. The van der Waals surface area contributed by atoms with Crippen LogP contribution in [0.4, 0.5) is 4.79 Å². The molecule has 3 aromatic rings. The highest BCUT2D eigenvalue weighted by Gasteiger charge is 2.26. The summed E-state index contributed by atoms with van der Waals surface area (Å²) in [6.07, 6.45) is 4.25. The second-order valence-corrected chi connectivity index (χ2v) is 9.94. The van der Waals surface area contributed by atoms with Crippen molar-refractivity contribution in [3.8, 4) is 23.2 Å². The van der Waals surface area contributed by atoms with Gasteiger partial charge in [-0.3, -0.25) is 0 Å². The third-order valence-electron chi connectivity index (χ3n) is 6.06. The van der Waals surface area contributed by atoms with Crippen LogP contribution in [0.15, 0.2) is 18.3 Å². The van der Waals surface area contributed by atoms with Crippen LogP contribution in [0.3, 0.4) is 0 Å². The van der Waals surface area contributed by atoms with Gasteiger partial charge >= 0.3 is 6.09 Å². The molecule has 10 heteroatoms. The summed E-state index contributed by atoms with van der Waals surface area (Å²) in [7, 11) is 1.78. The summed E-state index contributed by atoms with van der Waals surface area (Å²) in [6.45, 7) is 9.57. The summed E-state index contributed by atoms with van der Waals surface area (Å²) in [5, 5.41) is 17.5. The van der Waals surface area contributed by atoms with Crippen LogP contribution in [0.1, 0.15) is 51.3 Å². The predicted molar refractivity (Wildman–Crippen MR) is 130 cm³/mol. The number of nitrogens with zero attached hydrogens (tertiary/aromatic N) is 7. The first-order valence-corrected chi connectivity index (χ1v) is 11.8. The van der Waals surface area contributed by atoms with Gasteiger partial charge in [-0.15, -0.1) is 5.10 Å². The second kappa shape index (κ2) is 9.86. The lowest BCUT2D eigenvalue weighted by Crippen LogP contribution is -2.41. The first kappa shape index (κ1) is 24.4. The average molecular weight is 478 g/mol. The third-order valence-corrected chi connectivity index (χ3v) is 6.06. The summed E-state index contributed by atoms with van der Waals surface area (Å²) >= 11 is 0. The van der Waals surface area contributed by atoms with Gasteiger partial charge < -0.3 is 14.4 Å². The zero-order valence-corrected chi connectivity index (χ0v) is 20.9. The van der Waals surface area contributed by atoms with Crippen molar-refractivity contribution in [1.29, 1.82) is 5.26 Å². The molecule has 0 aliphatic carbocycles. The quantitative estimate of drug-likeness (QED) is 0.540. The molecule has 0 N–H and O–H groups in total. The highest BCUT2D eigenvalue weighted by atomic mass is 16.6. The molecular weight excluding hydrogens is 446 g/mol. The molecule has 0 atom stereocenters.